The van der Waals surface area contributed by atoms with E-state index < -0.39 is 5.97 Å². The molecule has 166 valence electrons. The number of hydrogen-bond donors (Lipinski definition) is 1. The van der Waals surface area contributed by atoms with Crippen molar-refractivity contribution < 1.29 is 23.8 Å². The predicted molar refractivity (Wildman–Crippen MR) is 121 cm³/mol. The molecule has 0 aliphatic rings. The molecule has 1 N–H and O–H groups in total. The molecule has 1 amide bonds. The van der Waals surface area contributed by atoms with Crippen LogP contribution in [0.2, 0.25) is 0 Å². The summed E-state index contributed by atoms with van der Waals surface area (Å²) in [6.45, 7) is 6.68. The maximum Gasteiger partial charge on any atom is 0.331 e. The lowest BCUT2D eigenvalue weighted by atomic mass is 10.1. The molecule has 0 fully saturated rings. The maximum absolute atomic E-state index is 12.0. The fourth-order valence-electron chi connectivity index (χ4n) is 2.80. The Bertz CT molecular complexity index is 863. The van der Waals surface area contributed by atoms with Gasteiger partial charge in [-0.05, 0) is 49.6 Å². The van der Waals surface area contributed by atoms with Crippen molar-refractivity contribution in [2.45, 2.75) is 39.7 Å². The van der Waals surface area contributed by atoms with Crippen molar-refractivity contribution in [3.05, 3.63) is 65.7 Å². The van der Waals surface area contributed by atoms with Crippen molar-refractivity contribution in [1.29, 1.82) is 0 Å². The number of ether oxygens (including phenoxy) is 3. The number of benzene rings is 2. The molecule has 0 aliphatic carbocycles. The largest absolute Gasteiger partial charge is 0.490 e. The minimum atomic E-state index is -0.594. The Labute approximate surface area is 184 Å². The van der Waals surface area contributed by atoms with Crippen LogP contribution in [0.15, 0.2) is 54.6 Å². The van der Waals surface area contributed by atoms with E-state index in [1.54, 1.807) is 6.08 Å². The number of hydrogen-bond acceptors (Lipinski definition) is 5. The lowest BCUT2D eigenvalue weighted by molar-refractivity contribution is -0.144. The summed E-state index contributed by atoms with van der Waals surface area (Å²) in [6.07, 6.45) is 4.93. The molecule has 0 saturated carbocycles. The first-order chi connectivity index (χ1) is 15.0. The SMILES string of the molecule is CCCCOc1ccc(/C=C/C(=O)OCC(=O)N[C@@H](C)c2ccccc2)cc1OCC. The van der Waals surface area contributed by atoms with Crippen LogP contribution >= 0.6 is 0 Å². The molecule has 0 radical (unpaired) electrons. The van der Waals surface area contributed by atoms with Crippen LogP contribution in [0, 0.1) is 0 Å². The van der Waals surface area contributed by atoms with E-state index in [1.807, 2.05) is 62.4 Å². The molecule has 1 atom stereocenters. The Morgan fingerprint density at radius 1 is 1.03 bits per heavy atom. The van der Waals surface area contributed by atoms with Gasteiger partial charge >= 0.3 is 5.97 Å². The first-order valence-corrected chi connectivity index (χ1v) is 10.6. The van der Waals surface area contributed by atoms with Crippen molar-refractivity contribution in [3.8, 4) is 11.5 Å². The molecule has 6 nitrogen and oxygen atoms in total. The second-order valence-electron chi connectivity index (χ2n) is 6.98. The number of rotatable bonds is 12. The van der Waals surface area contributed by atoms with Gasteiger partial charge in [0.2, 0.25) is 0 Å². The van der Waals surface area contributed by atoms with E-state index in [0.29, 0.717) is 24.7 Å². The normalized spacial score (nSPS) is 11.7. The van der Waals surface area contributed by atoms with Crippen molar-refractivity contribution in [1.82, 2.24) is 5.32 Å². The second-order valence-corrected chi connectivity index (χ2v) is 6.98. The number of esters is 1. The van der Waals surface area contributed by atoms with Crippen LogP contribution in [0.25, 0.3) is 6.08 Å². The zero-order chi connectivity index (χ0) is 22.5. The molecule has 0 heterocycles. The molecular weight excluding hydrogens is 394 g/mol. The maximum atomic E-state index is 12.0. The molecule has 0 bridgehead atoms. The quantitative estimate of drug-likeness (QED) is 0.303. The monoisotopic (exact) mass is 425 g/mol. The first-order valence-electron chi connectivity index (χ1n) is 10.6. The highest BCUT2D eigenvalue weighted by atomic mass is 16.5. The summed E-state index contributed by atoms with van der Waals surface area (Å²) < 4.78 is 16.4. The van der Waals surface area contributed by atoms with E-state index in [0.717, 1.165) is 24.0 Å². The zero-order valence-electron chi connectivity index (χ0n) is 18.4. The molecule has 6 heteroatoms. The predicted octanol–water partition coefficient (Wildman–Crippen LogP) is 4.70. The lowest BCUT2D eigenvalue weighted by Crippen LogP contribution is -2.30. The Hall–Kier alpha value is -3.28. The van der Waals surface area contributed by atoms with Crippen molar-refractivity contribution in [3.63, 3.8) is 0 Å². The summed E-state index contributed by atoms with van der Waals surface area (Å²) in [6, 6.07) is 14.9. The zero-order valence-corrected chi connectivity index (χ0v) is 18.4. The Kier molecular flexibility index (Phi) is 10.1. The van der Waals surface area contributed by atoms with Crippen molar-refractivity contribution in [2.24, 2.45) is 0 Å². The number of nitrogens with one attached hydrogen (secondary N) is 1. The first kappa shape index (κ1) is 24.0. The van der Waals surface area contributed by atoms with Gasteiger partial charge < -0.3 is 19.5 Å². The highest BCUT2D eigenvalue weighted by molar-refractivity contribution is 5.89. The molecule has 0 spiro atoms. The van der Waals surface area contributed by atoms with Gasteiger partial charge in [0.05, 0.1) is 19.3 Å². The van der Waals surface area contributed by atoms with E-state index in [9.17, 15) is 9.59 Å². The Morgan fingerprint density at radius 3 is 2.52 bits per heavy atom. The number of carbonyl (C=O) groups excluding carboxylic acids is 2. The third kappa shape index (κ3) is 8.54. The second kappa shape index (κ2) is 13.1. The van der Waals surface area contributed by atoms with Gasteiger partial charge in [-0.15, -0.1) is 0 Å². The highest BCUT2D eigenvalue weighted by Gasteiger charge is 2.11. The number of carbonyl (C=O) groups is 2. The fraction of sp³-hybridized carbons (Fsp3) is 0.360. The fourth-order valence-corrected chi connectivity index (χ4v) is 2.80. The van der Waals surface area contributed by atoms with Crippen LogP contribution in [-0.4, -0.2) is 31.7 Å². The number of amides is 1. The van der Waals surface area contributed by atoms with Crippen LogP contribution in [-0.2, 0) is 14.3 Å². The van der Waals surface area contributed by atoms with Crippen molar-refractivity contribution >= 4 is 18.0 Å². The molecule has 0 aliphatic heterocycles. The molecule has 0 aromatic heterocycles. The molecule has 0 unspecified atom stereocenters. The smallest absolute Gasteiger partial charge is 0.331 e. The topological polar surface area (TPSA) is 73.9 Å². The molecule has 2 aromatic rings. The lowest BCUT2D eigenvalue weighted by Gasteiger charge is -2.14. The van der Waals surface area contributed by atoms with Crippen LogP contribution in [0.4, 0.5) is 0 Å². The third-order valence-electron chi connectivity index (χ3n) is 4.46. The highest BCUT2D eigenvalue weighted by Crippen LogP contribution is 2.29. The molecule has 2 aromatic carbocycles. The van der Waals surface area contributed by atoms with E-state index in [4.69, 9.17) is 14.2 Å². The van der Waals surface area contributed by atoms with Gasteiger partial charge in [0.1, 0.15) is 0 Å². The van der Waals surface area contributed by atoms with Crippen LogP contribution in [0.3, 0.4) is 0 Å². The van der Waals surface area contributed by atoms with Crippen molar-refractivity contribution in [2.75, 3.05) is 19.8 Å². The van der Waals surface area contributed by atoms with Crippen LogP contribution < -0.4 is 14.8 Å². The van der Waals surface area contributed by atoms with Gasteiger partial charge in [0.25, 0.3) is 5.91 Å². The Balaban J connectivity index is 1.86. The van der Waals surface area contributed by atoms with Crippen LogP contribution in [0.5, 0.6) is 11.5 Å². The third-order valence-corrected chi connectivity index (χ3v) is 4.46. The minimum absolute atomic E-state index is 0.169. The van der Waals surface area contributed by atoms with Gasteiger partial charge in [-0.2, -0.15) is 0 Å². The summed E-state index contributed by atoms with van der Waals surface area (Å²) >= 11 is 0. The average Bonchev–Trinajstić information content (AvgIpc) is 2.78. The van der Waals surface area contributed by atoms with E-state index >= 15 is 0 Å². The van der Waals surface area contributed by atoms with E-state index in [-0.39, 0.29) is 18.6 Å². The van der Waals surface area contributed by atoms with Gasteiger partial charge in [-0.3, -0.25) is 4.79 Å². The minimum Gasteiger partial charge on any atom is -0.490 e. The standard InChI is InChI=1S/C25H31NO5/c1-4-6-16-30-22-14-12-20(17-23(22)29-5-2)13-15-25(28)31-18-24(27)26-19(3)21-10-8-7-9-11-21/h7-15,17,19H,4-6,16,18H2,1-3H3,(H,26,27)/b15-13+/t19-/m0/s1. The molecule has 2 rings (SSSR count). The molecule has 31 heavy (non-hydrogen) atoms. The van der Waals surface area contributed by atoms with Gasteiger partial charge in [-0.25, -0.2) is 4.79 Å². The Morgan fingerprint density at radius 2 is 1.81 bits per heavy atom. The van der Waals surface area contributed by atoms with E-state index in [2.05, 4.69) is 12.2 Å². The van der Waals surface area contributed by atoms with Crippen LogP contribution in [0.1, 0.15) is 50.8 Å². The van der Waals surface area contributed by atoms with Gasteiger partial charge in [0, 0.05) is 6.08 Å². The van der Waals surface area contributed by atoms with Gasteiger partial charge in [-0.1, -0.05) is 49.7 Å². The van der Waals surface area contributed by atoms with E-state index in [1.165, 1.54) is 6.08 Å². The summed E-state index contributed by atoms with van der Waals surface area (Å²) in [7, 11) is 0. The number of unbranched alkanes of at least 4 members (excludes halogenated alkanes) is 1. The summed E-state index contributed by atoms with van der Waals surface area (Å²) in [5.41, 5.74) is 1.75. The summed E-state index contributed by atoms with van der Waals surface area (Å²) in [4.78, 5) is 24.0. The summed E-state index contributed by atoms with van der Waals surface area (Å²) in [5, 5.41) is 2.80. The van der Waals surface area contributed by atoms with Gasteiger partial charge in [0.15, 0.2) is 18.1 Å². The molecule has 0 saturated heterocycles. The molecular formula is C25H31NO5. The summed E-state index contributed by atoms with van der Waals surface area (Å²) in [5.74, 6) is 0.358. The average molecular weight is 426 g/mol.